The van der Waals surface area contributed by atoms with Crippen molar-refractivity contribution in [1.29, 1.82) is 5.26 Å². The number of rotatable bonds is 3. The SMILES string of the molecule is Cc1nn(C)c(-n2ccnc2C#N)c1CNC(C)(C)C. The van der Waals surface area contributed by atoms with Gasteiger partial charge in [-0.15, -0.1) is 0 Å². The van der Waals surface area contributed by atoms with Crippen molar-refractivity contribution in [2.45, 2.75) is 39.8 Å². The van der Waals surface area contributed by atoms with Crippen LogP contribution in [0.4, 0.5) is 0 Å². The summed E-state index contributed by atoms with van der Waals surface area (Å²) in [6.45, 7) is 9.04. The second-order valence-electron chi connectivity index (χ2n) is 5.85. The third-order valence-corrected chi connectivity index (χ3v) is 3.08. The summed E-state index contributed by atoms with van der Waals surface area (Å²) < 4.78 is 3.57. The molecule has 0 aliphatic carbocycles. The first-order chi connectivity index (χ1) is 9.33. The van der Waals surface area contributed by atoms with Crippen LogP contribution in [0, 0.1) is 18.3 Å². The summed E-state index contributed by atoms with van der Waals surface area (Å²) in [7, 11) is 1.88. The van der Waals surface area contributed by atoms with Crippen molar-refractivity contribution in [2.75, 3.05) is 0 Å². The molecule has 0 atom stereocenters. The lowest BCUT2D eigenvalue weighted by Crippen LogP contribution is -2.35. The van der Waals surface area contributed by atoms with E-state index in [9.17, 15) is 0 Å². The van der Waals surface area contributed by atoms with E-state index in [1.54, 1.807) is 21.6 Å². The molecule has 0 aliphatic heterocycles. The van der Waals surface area contributed by atoms with Gasteiger partial charge in [0, 0.05) is 37.1 Å². The van der Waals surface area contributed by atoms with E-state index in [2.05, 4.69) is 42.2 Å². The molecule has 0 saturated carbocycles. The van der Waals surface area contributed by atoms with Crippen LogP contribution in [0.1, 0.15) is 37.9 Å². The van der Waals surface area contributed by atoms with Crippen LogP contribution in [0.2, 0.25) is 0 Å². The summed E-state index contributed by atoms with van der Waals surface area (Å²) >= 11 is 0. The van der Waals surface area contributed by atoms with Crippen LogP contribution < -0.4 is 5.32 Å². The van der Waals surface area contributed by atoms with Crippen molar-refractivity contribution >= 4 is 0 Å². The van der Waals surface area contributed by atoms with Crippen molar-refractivity contribution in [3.63, 3.8) is 0 Å². The molecule has 2 heterocycles. The van der Waals surface area contributed by atoms with Gasteiger partial charge in [0.25, 0.3) is 0 Å². The molecule has 2 rings (SSSR count). The van der Waals surface area contributed by atoms with Crippen LogP contribution in [0.5, 0.6) is 0 Å². The minimum atomic E-state index is 0.0204. The Morgan fingerprint density at radius 2 is 2.10 bits per heavy atom. The lowest BCUT2D eigenvalue weighted by Gasteiger charge is -2.21. The van der Waals surface area contributed by atoms with E-state index in [1.165, 1.54) is 0 Å². The van der Waals surface area contributed by atoms with Gasteiger partial charge >= 0.3 is 0 Å². The van der Waals surface area contributed by atoms with Crippen LogP contribution in [-0.2, 0) is 13.6 Å². The van der Waals surface area contributed by atoms with Crippen molar-refractivity contribution in [3.05, 3.63) is 29.5 Å². The van der Waals surface area contributed by atoms with Gasteiger partial charge in [-0.05, 0) is 27.7 Å². The second-order valence-corrected chi connectivity index (χ2v) is 5.85. The third-order valence-electron chi connectivity index (χ3n) is 3.08. The molecule has 0 unspecified atom stereocenters. The van der Waals surface area contributed by atoms with E-state index in [0.29, 0.717) is 12.4 Å². The van der Waals surface area contributed by atoms with E-state index in [1.807, 2.05) is 14.0 Å². The Kier molecular flexibility index (Phi) is 3.64. The van der Waals surface area contributed by atoms with Gasteiger partial charge in [-0.1, -0.05) is 0 Å². The highest BCUT2D eigenvalue weighted by atomic mass is 15.3. The lowest BCUT2D eigenvalue weighted by molar-refractivity contribution is 0.423. The normalized spacial score (nSPS) is 11.6. The molecule has 106 valence electrons. The number of nitriles is 1. The smallest absolute Gasteiger partial charge is 0.218 e. The van der Waals surface area contributed by atoms with Gasteiger partial charge in [0.2, 0.25) is 5.82 Å². The highest BCUT2D eigenvalue weighted by Crippen LogP contribution is 2.20. The molecule has 0 saturated heterocycles. The van der Waals surface area contributed by atoms with Gasteiger partial charge in [0.1, 0.15) is 11.9 Å². The highest BCUT2D eigenvalue weighted by Gasteiger charge is 2.19. The van der Waals surface area contributed by atoms with Gasteiger partial charge in [-0.3, -0.25) is 9.25 Å². The monoisotopic (exact) mass is 272 g/mol. The predicted octanol–water partition coefficient (Wildman–Crippen LogP) is 1.67. The van der Waals surface area contributed by atoms with Crippen LogP contribution in [-0.4, -0.2) is 24.9 Å². The average molecular weight is 272 g/mol. The average Bonchev–Trinajstić information content (AvgIpc) is 2.89. The molecule has 0 aliphatic rings. The number of hydrogen-bond donors (Lipinski definition) is 1. The first-order valence-electron chi connectivity index (χ1n) is 6.55. The molecule has 0 bridgehead atoms. The summed E-state index contributed by atoms with van der Waals surface area (Å²) in [4.78, 5) is 4.05. The first-order valence-corrected chi connectivity index (χ1v) is 6.55. The Hall–Kier alpha value is -2.13. The largest absolute Gasteiger partial charge is 0.308 e. The van der Waals surface area contributed by atoms with Crippen LogP contribution in [0.15, 0.2) is 12.4 Å². The number of nitrogens with zero attached hydrogens (tertiary/aromatic N) is 5. The number of nitrogens with one attached hydrogen (secondary N) is 1. The fourth-order valence-electron chi connectivity index (χ4n) is 2.11. The molecular weight excluding hydrogens is 252 g/mol. The molecule has 6 heteroatoms. The van der Waals surface area contributed by atoms with E-state index >= 15 is 0 Å². The Morgan fingerprint density at radius 3 is 2.70 bits per heavy atom. The molecule has 0 fully saturated rings. The van der Waals surface area contributed by atoms with Gasteiger partial charge in [0.15, 0.2) is 0 Å². The summed E-state index contributed by atoms with van der Waals surface area (Å²) in [6.07, 6.45) is 3.41. The molecule has 0 amide bonds. The number of aromatic nitrogens is 4. The minimum Gasteiger partial charge on any atom is -0.308 e. The summed E-state index contributed by atoms with van der Waals surface area (Å²) in [5.74, 6) is 1.25. The molecule has 0 spiro atoms. The number of aryl methyl sites for hydroxylation is 2. The lowest BCUT2D eigenvalue weighted by atomic mass is 10.1. The van der Waals surface area contributed by atoms with Gasteiger partial charge < -0.3 is 5.32 Å². The van der Waals surface area contributed by atoms with E-state index in [4.69, 9.17) is 5.26 Å². The maximum absolute atomic E-state index is 9.14. The zero-order chi connectivity index (χ0) is 14.9. The summed E-state index contributed by atoms with van der Waals surface area (Å²) in [6, 6.07) is 2.10. The van der Waals surface area contributed by atoms with Crippen molar-refractivity contribution < 1.29 is 0 Å². The maximum Gasteiger partial charge on any atom is 0.218 e. The summed E-state index contributed by atoms with van der Waals surface area (Å²) in [5, 5.41) is 17.1. The Morgan fingerprint density at radius 1 is 1.40 bits per heavy atom. The Bertz CT molecular complexity index is 650. The minimum absolute atomic E-state index is 0.0204. The molecule has 2 aromatic rings. The molecule has 20 heavy (non-hydrogen) atoms. The molecule has 2 aromatic heterocycles. The van der Waals surface area contributed by atoms with Gasteiger partial charge in [0.05, 0.1) is 5.69 Å². The number of hydrogen-bond acceptors (Lipinski definition) is 4. The fraction of sp³-hybridized carbons (Fsp3) is 0.500. The molecule has 1 N–H and O–H groups in total. The van der Waals surface area contributed by atoms with E-state index in [0.717, 1.165) is 17.1 Å². The van der Waals surface area contributed by atoms with Gasteiger partial charge in [-0.25, -0.2) is 4.98 Å². The predicted molar refractivity (Wildman–Crippen MR) is 76.4 cm³/mol. The molecule has 6 nitrogen and oxygen atoms in total. The van der Waals surface area contributed by atoms with Crippen LogP contribution in [0.25, 0.3) is 5.82 Å². The maximum atomic E-state index is 9.14. The van der Waals surface area contributed by atoms with Gasteiger partial charge in [-0.2, -0.15) is 10.4 Å². The van der Waals surface area contributed by atoms with Crippen molar-refractivity contribution in [3.8, 4) is 11.9 Å². The van der Waals surface area contributed by atoms with E-state index < -0.39 is 0 Å². The second kappa shape index (κ2) is 5.10. The quantitative estimate of drug-likeness (QED) is 0.922. The molecule has 0 aromatic carbocycles. The zero-order valence-corrected chi connectivity index (χ0v) is 12.6. The Labute approximate surface area is 119 Å². The van der Waals surface area contributed by atoms with Crippen LogP contribution >= 0.6 is 0 Å². The van der Waals surface area contributed by atoms with E-state index in [-0.39, 0.29) is 5.54 Å². The first kappa shape index (κ1) is 14.3. The zero-order valence-electron chi connectivity index (χ0n) is 12.6. The van der Waals surface area contributed by atoms with Crippen molar-refractivity contribution in [2.24, 2.45) is 7.05 Å². The fourth-order valence-corrected chi connectivity index (χ4v) is 2.11. The highest BCUT2D eigenvalue weighted by molar-refractivity contribution is 5.40. The Balaban J connectivity index is 2.46. The number of imidazole rings is 1. The van der Waals surface area contributed by atoms with Crippen molar-refractivity contribution in [1.82, 2.24) is 24.6 Å². The standard InChI is InChI=1S/C14H20N6/c1-10-11(9-17-14(2,3)4)13(19(5)18-10)20-7-6-16-12(20)8-15/h6-7,17H,9H2,1-5H3. The topological polar surface area (TPSA) is 71.5 Å². The molecule has 0 radical (unpaired) electrons. The molecular formula is C14H20N6. The summed E-state index contributed by atoms with van der Waals surface area (Å²) in [5.41, 5.74) is 2.06. The van der Waals surface area contributed by atoms with Crippen LogP contribution in [0.3, 0.4) is 0 Å². The third kappa shape index (κ3) is 2.73.